The number of anilines is 5. The van der Waals surface area contributed by atoms with Gasteiger partial charge in [0.25, 0.3) is 0 Å². The van der Waals surface area contributed by atoms with Crippen LogP contribution >= 0.6 is 11.6 Å². The molecule has 3 rings (SSSR count). The molecule has 0 spiro atoms. The third kappa shape index (κ3) is 4.15. The highest BCUT2D eigenvalue weighted by Gasteiger charge is 2.08. The van der Waals surface area contributed by atoms with Crippen LogP contribution in [0.4, 0.5) is 28.8 Å². The van der Waals surface area contributed by atoms with E-state index in [4.69, 9.17) is 22.4 Å². The van der Waals surface area contributed by atoms with Gasteiger partial charge in [-0.3, -0.25) is 0 Å². The number of nitrogens with two attached hydrogens (primary N) is 1. The van der Waals surface area contributed by atoms with Crippen LogP contribution in [-0.4, -0.2) is 21.0 Å². The molecule has 0 radical (unpaired) electrons. The Morgan fingerprint density at radius 1 is 1.08 bits per heavy atom. The van der Waals surface area contributed by atoms with Crippen molar-refractivity contribution in [3.05, 3.63) is 65.3 Å². The Morgan fingerprint density at radius 2 is 1.80 bits per heavy atom. The van der Waals surface area contributed by atoms with E-state index in [2.05, 4.69) is 20.6 Å². The van der Waals surface area contributed by atoms with Crippen molar-refractivity contribution in [3.8, 4) is 0 Å². The highest BCUT2D eigenvalue weighted by Crippen LogP contribution is 2.25. The first-order valence-corrected chi connectivity index (χ1v) is 7.64. The third-order valence-electron chi connectivity index (χ3n) is 3.26. The molecular weight excluding hydrogens is 342 g/mol. The zero-order valence-electron chi connectivity index (χ0n) is 12.9. The summed E-state index contributed by atoms with van der Waals surface area (Å²) in [5.41, 5.74) is 7.81. The van der Waals surface area contributed by atoms with Gasteiger partial charge in [-0.1, -0.05) is 23.7 Å². The van der Waals surface area contributed by atoms with Crippen LogP contribution in [0.2, 0.25) is 5.02 Å². The number of aromatic nitrogens is 2. The SMILES string of the molecule is Nc1cccc(Nc2ncc(Cl)c(Nc3cccc(C(=O)O)c3)n2)c1. The molecule has 0 aliphatic rings. The fourth-order valence-corrected chi connectivity index (χ4v) is 2.27. The number of carboxylic acids is 1. The van der Waals surface area contributed by atoms with Crippen LogP contribution in [0.25, 0.3) is 0 Å². The highest BCUT2D eigenvalue weighted by molar-refractivity contribution is 6.32. The van der Waals surface area contributed by atoms with Gasteiger partial charge in [-0.25, -0.2) is 9.78 Å². The van der Waals surface area contributed by atoms with Crippen LogP contribution in [0.15, 0.2) is 54.7 Å². The van der Waals surface area contributed by atoms with Gasteiger partial charge in [-0.2, -0.15) is 4.98 Å². The molecule has 126 valence electrons. The first-order chi connectivity index (χ1) is 12.0. The number of rotatable bonds is 5. The van der Waals surface area contributed by atoms with Crippen molar-refractivity contribution in [2.75, 3.05) is 16.4 Å². The first kappa shape index (κ1) is 16.5. The predicted molar refractivity (Wildman–Crippen MR) is 97.9 cm³/mol. The lowest BCUT2D eigenvalue weighted by Gasteiger charge is -2.11. The molecule has 8 heteroatoms. The number of carbonyl (C=O) groups is 1. The molecule has 0 aliphatic carbocycles. The van der Waals surface area contributed by atoms with Crippen LogP contribution in [0, 0.1) is 0 Å². The summed E-state index contributed by atoms with van der Waals surface area (Å²) in [6.07, 6.45) is 1.45. The quantitative estimate of drug-likeness (QED) is 0.513. The van der Waals surface area contributed by atoms with Gasteiger partial charge in [-0.15, -0.1) is 0 Å². The molecule has 7 nitrogen and oxygen atoms in total. The van der Waals surface area contributed by atoms with Gasteiger partial charge in [-0.05, 0) is 36.4 Å². The Morgan fingerprint density at radius 3 is 2.52 bits per heavy atom. The van der Waals surface area contributed by atoms with Crippen molar-refractivity contribution in [2.45, 2.75) is 0 Å². The van der Waals surface area contributed by atoms with E-state index in [0.29, 0.717) is 28.2 Å². The van der Waals surface area contributed by atoms with Crippen molar-refractivity contribution in [1.82, 2.24) is 9.97 Å². The van der Waals surface area contributed by atoms with E-state index in [1.807, 2.05) is 12.1 Å². The molecule has 0 aliphatic heterocycles. The summed E-state index contributed by atoms with van der Waals surface area (Å²) in [6, 6.07) is 13.5. The molecule has 25 heavy (non-hydrogen) atoms. The van der Waals surface area contributed by atoms with Gasteiger partial charge >= 0.3 is 5.97 Å². The molecule has 0 unspecified atom stereocenters. The predicted octanol–water partition coefficient (Wildman–Crippen LogP) is 3.90. The van der Waals surface area contributed by atoms with E-state index in [1.165, 1.54) is 18.3 Å². The number of halogens is 1. The average Bonchev–Trinajstić information content (AvgIpc) is 2.58. The summed E-state index contributed by atoms with van der Waals surface area (Å²) in [5.74, 6) is -0.334. The Bertz CT molecular complexity index is 932. The monoisotopic (exact) mass is 355 g/mol. The molecule has 1 aromatic heterocycles. The molecule has 0 fully saturated rings. The van der Waals surface area contributed by atoms with E-state index in [9.17, 15) is 4.79 Å². The Balaban J connectivity index is 1.84. The summed E-state index contributed by atoms with van der Waals surface area (Å²) in [5, 5.41) is 15.4. The van der Waals surface area contributed by atoms with Gasteiger partial charge in [0.2, 0.25) is 5.95 Å². The molecule has 5 N–H and O–H groups in total. The first-order valence-electron chi connectivity index (χ1n) is 7.27. The molecular formula is C17H14ClN5O2. The molecule has 0 saturated carbocycles. The molecule has 0 bridgehead atoms. The number of benzene rings is 2. The fraction of sp³-hybridized carbons (Fsp3) is 0. The summed E-state index contributed by atoms with van der Waals surface area (Å²) >= 11 is 6.13. The number of hydrogen-bond donors (Lipinski definition) is 4. The van der Waals surface area contributed by atoms with Crippen LogP contribution in [0.5, 0.6) is 0 Å². The molecule has 0 atom stereocenters. The summed E-state index contributed by atoms with van der Waals surface area (Å²) in [7, 11) is 0. The zero-order valence-corrected chi connectivity index (χ0v) is 13.7. The van der Waals surface area contributed by atoms with Crippen molar-refractivity contribution in [1.29, 1.82) is 0 Å². The minimum Gasteiger partial charge on any atom is -0.478 e. The Hall–Kier alpha value is -3.32. The van der Waals surface area contributed by atoms with Crippen LogP contribution in [0.3, 0.4) is 0 Å². The number of carboxylic acid groups (broad SMARTS) is 1. The van der Waals surface area contributed by atoms with Gasteiger partial charge in [0.15, 0.2) is 5.82 Å². The topological polar surface area (TPSA) is 113 Å². The van der Waals surface area contributed by atoms with Crippen LogP contribution in [0.1, 0.15) is 10.4 Å². The second-order valence-electron chi connectivity index (χ2n) is 5.15. The Kier molecular flexibility index (Phi) is 4.67. The van der Waals surface area contributed by atoms with Crippen LogP contribution in [-0.2, 0) is 0 Å². The molecule has 0 amide bonds. The van der Waals surface area contributed by atoms with E-state index < -0.39 is 5.97 Å². The number of aromatic carboxylic acids is 1. The third-order valence-corrected chi connectivity index (χ3v) is 3.54. The molecule has 1 heterocycles. The van der Waals surface area contributed by atoms with Crippen molar-refractivity contribution >= 4 is 46.4 Å². The standard InChI is InChI=1S/C17H14ClN5O2/c18-14-9-20-17(22-13-6-2-4-11(19)8-13)23-15(14)21-12-5-1-3-10(7-12)16(24)25/h1-9H,19H2,(H,24,25)(H2,20,21,22,23). The summed E-state index contributed by atoms with van der Waals surface area (Å²) in [6.45, 7) is 0. The second-order valence-corrected chi connectivity index (χ2v) is 5.56. The van der Waals surface area contributed by atoms with Gasteiger partial charge < -0.3 is 21.5 Å². The van der Waals surface area contributed by atoms with E-state index in [-0.39, 0.29) is 5.56 Å². The van der Waals surface area contributed by atoms with Gasteiger partial charge in [0.1, 0.15) is 5.02 Å². The van der Waals surface area contributed by atoms with Crippen molar-refractivity contribution in [2.24, 2.45) is 0 Å². The lowest BCUT2D eigenvalue weighted by atomic mass is 10.2. The maximum atomic E-state index is 11.1. The van der Waals surface area contributed by atoms with Crippen molar-refractivity contribution in [3.63, 3.8) is 0 Å². The van der Waals surface area contributed by atoms with E-state index >= 15 is 0 Å². The lowest BCUT2D eigenvalue weighted by Crippen LogP contribution is -2.03. The largest absolute Gasteiger partial charge is 0.478 e. The average molecular weight is 356 g/mol. The maximum absolute atomic E-state index is 11.1. The lowest BCUT2D eigenvalue weighted by molar-refractivity contribution is 0.0697. The molecule has 3 aromatic rings. The van der Waals surface area contributed by atoms with E-state index in [0.717, 1.165) is 5.69 Å². The summed E-state index contributed by atoms with van der Waals surface area (Å²) in [4.78, 5) is 19.5. The fourth-order valence-electron chi connectivity index (χ4n) is 2.13. The van der Waals surface area contributed by atoms with Crippen LogP contribution < -0.4 is 16.4 Å². The number of nitrogen functional groups attached to an aromatic ring is 1. The summed E-state index contributed by atoms with van der Waals surface area (Å²) < 4.78 is 0. The van der Waals surface area contributed by atoms with Gasteiger partial charge in [0.05, 0.1) is 11.8 Å². The number of hydrogen-bond acceptors (Lipinski definition) is 6. The normalized spacial score (nSPS) is 10.3. The number of nitrogens with zero attached hydrogens (tertiary/aromatic N) is 2. The minimum absolute atomic E-state index is 0.160. The molecule has 0 saturated heterocycles. The van der Waals surface area contributed by atoms with E-state index in [1.54, 1.807) is 24.3 Å². The minimum atomic E-state index is -1.01. The molecule has 2 aromatic carbocycles. The second kappa shape index (κ2) is 7.06. The highest BCUT2D eigenvalue weighted by atomic mass is 35.5. The Labute approximate surface area is 148 Å². The smallest absolute Gasteiger partial charge is 0.335 e. The zero-order chi connectivity index (χ0) is 17.8. The van der Waals surface area contributed by atoms with Gasteiger partial charge in [0, 0.05) is 17.1 Å². The maximum Gasteiger partial charge on any atom is 0.335 e. The van der Waals surface area contributed by atoms with Crippen molar-refractivity contribution < 1.29 is 9.90 Å². The number of nitrogens with one attached hydrogen (secondary N) is 2.